The normalized spacial score (nSPS) is 31.2. The first-order valence-corrected chi connectivity index (χ1v) is 8.93. The second-order valence-corrected chi connectivity index (χ2v) is 7.58. The zero-order chi connectivity index (χ0) is 17.3. The molecular weight excluding hydrogens is 308 g/mol. The van der Waals surface area contributed by atoms with E-state index < -0.39 is 5.60 Å². The minimum Gasteiger partial charge on any atom is -0.384 e. The third-order valence-electron chi connectivity index (χ3n) is 5.25. The fraction of sp³-hybridized carbons (Fsp3) is 0.824. The van der Waals surface area contributed by atoms with Crippen LogP contribution < -0.4 is 5.32 Å². The number of hydrogen-bond donors (Lipinski definition) is 2. The quantitative estimate of drug-likeness (QED) is 0.870. The van der Waals surface area contributed by atoms with Gasteiger partial charge in [0.1, 0.15) is 11.3 Å². The van der Waals surface area contributed by atoms with Gasteiger partial charge in [-0.25, -0.2) is 4.68 Å². The van der Waals surface area contributed by atoms with Crippen LogP contribution in [0.5, 0.6) is 0 Å². The SMILES string of the molecule is C[C@@H]1OCC[C@@H]1C(=O)N[C@H]1CCCC[C@H]1n1cc(C(C)(C)O)nn1. The summed E-state index contributed by atoms with van der Waals surface area (Å²) in [5.74, 6) is 0.0231. The molecule has 0 radical (unpaired) electrons. The molecule has 7 heteroatoms. The fourth-order valence-corrected chi connectivity index (χ4v) is 3.68. The van der Waals surface area contributed by atoms with Crippen molar-refractivity contribution in [2.45, 2.75) is 76.7 Å². The van der Waals surface area contributed by atoms with E-state index in [9.17, 15) is 9.90 Å². The number of rotatable bonds is 4. The number of carbonyl (C=O) groups is 1. The van der Waals surface area contributed by atoms with Gasteiger partial charge in [-0.05, 0) is 40.0 Å². The summed E-state index contributed by atoms with van der Waals surface area (Å²) in [6.45, 7) is 6.01. The molecule has 24 heavy (non-hydrogen) atoms. The van der Waals surface area contributed by atoms with E-state index in [0.717, 1.165) is 32.1 Å². The highest BCUT2D eigenvalue weighted by atomic mass is 16.5. The molecule has 0 unspecified atom stereocenters. The summed E-state index contributed by atoms with van der Waals surface area (Å²) in [6.07, 6.45) is 6.68. The summed E-state index contributed by atoms with van der Waals surface area (Å²) >= 11 is 0. The predicted molar refractivity (Wildman–Crippen MR) is 88.2 cm³/mol. The van der Waals surface area contributed by atoms with Crippen molar-refractivity contribution in [1.82, 2.24) is 20.3 Å². The van der Waals surface area contributed by atoms with Crippen LogP contribution in [0.25, 0.3) is 0 Å². The molecule has 7 nitrogen and oxygen atoms in total. The molecule has 134 valence electrons. The maximum atomic E-state index is 12.6. The Balaban J connectivity index is 1.71. The summed E-state index contributed by atoms with van der Waals surface area (Å²) in [4.78, 5) is 12.6. The Labute approximate surface area is 142 Å². The van der Waals surface area contributed by atoms with E-state index >= 15 is 0 Å². The second-order valence-electron chi connectivity index (χ2n) is 7.58. The summed E-state index contributed by atoms with van der Waals surface area (Å²) < 4.78 is 7.32. The van der Waals surface area contributed by atoms with Crippen molar-refractivity contribution in [3.8, 4) is 0 Å². The first-order valence-electron chi connectivity index (χ1n) is 8.93. The zero-order valence-electron chi connectivity index (χ0n) is 14.7. The van der Waals surface area contributed by atoms with Gasteiger partial charge in [-0.3, -0.25) is 4.79 Å². The van der Waals surface area contributed by atoms with Crippen molar-refractivity contribution in [3.63, 3.8) is 0 Å². The number of amides is 1. The Hall–Kier alpha value is -1.47. The van der Waals surface area contributed by atoms with Crippen molar-refractivity contribution in [3.05, 3.63) is 11.9 Å². The topological polar surface area (TPSA) is 89.3 Å². The van der Waals surface area contributed by atoms with Gasteiger partial charge in [0.15, 0.2) is 0 Å². The minimum atomic E-state index is -1.01. The molecule has 2 N–H and O–H groups in total. The molecular formula is C17H28N4O3. The minimum absolute atomic E-state index is 0.0137. The second kappa shape index (κ2) is 6.80. The average Bonchev–Trinajstić information content (AvgIpc) is 3.16. The first kappa shape index (κ1) is 17.4. The van der Waals surface area contributed by atoms with Gasteiger partial charge in [0.25, 0.3) is 0 Å². The molecule has 3 rings (SSSR count). The third-order valence-corrected chi connectivity index (χ3v) is 5.25. The molecule has 0 bridgehead atoms. The Bertz CT molecular complexity index is 581. The van der Waals surface area contributed by atoms with Gasteiger partial charge in [-0.2, -0.15) is 0 Å². The summed E-state index contributed by atoms with van der Waals surface area (Å²) in [6, 6.07) is 0.138. The Morgan fingerprint density at radius 3 is 2.75 bits per heavy atom. The van der Waals surface area contributed by atoms with Crippen LogP contribution in [0.1, 0.15) is 64.6 Å². The van der Waals surface area contributed by atoms with Crippen molar-refractivity contribution in [1.29, 1.82) is 0 Å². The number of nitrogens with zero attached hydrogens (tertiary/aromatic N) is 3. The van der Waals surface area contributed by atoms with E-state index in [0.29, 0.717) is 12.3 Å². The molecule has 0 aromatic carbocycles. The molecule has 1 saturated carbocycles. The lowest BCUT2D eigenvalue weighted by molar-refractivity contribution is -0.127. The average molecular weight is 336 g/mol. The maximum absolute atomic E-state index is 12.6. The molecule has 1 saturated heterocycles. The van der Waals surface area contributed by atoms with Gasteiger partial charge in [0, 0.05) is 6.61 Å². The van der Waals surface area contributed by atoms with Crippen LogP contribution >= 0.6 is 0 Å². The van der Waals surface area contributed by atoms with Crippen LogP contribution in [0.2, 0.25) is 0 Å². The lowest BCUT2D eigenvalue weighted by Crippen LogP contribution is -2.46. The third kappa shape index (κ3) is 3.62. The van der Waals surface area contributed by atoms with Crippen LogP contribution in [0.4, 0.5) is 0 Å². The molecule has 1 amide bonds. The Morgan fingerprint density at radius 2 is 2.12 bits per heavy atom. The molecule has 1 aliphatic heterocycles. The summed E-state index contributed by atoms with van der Waals surface area (Å²) in [5, 5.41) is 21.6. The molecule has 4 atom stereocenters. The fourth-order valence-electron chi connectivity index (χ4n) is 3.68. The smallest absolute Gasteiger partial charge is 0.226 e. The number of hydrogen-bond acceptors (Lipinski definition) is 5. The van der Waals surface area contributed by atoms with Crippen molar-refractivity contribution in [2.24, 2.45) is 5.92 Å². The monoisotopic (exact) mass is 336 g/mol. The molecule has 1 aromatic rings. The van der Waals surface area contributed by atoms with Gasteiger partial charge >= 0.3 is 0 Å². The van der Waals surface area contributed by atoms with Gasteiger partial charge in [-0.15, -0.1) is 5.10 Å². The van der Waals surface area contributed by atoms with Crippen LogP contribution in [-0.4, -0.2) is 44.8 Å². The standard InChI is InChI=1S/C17H28N4O3/c1-11-12(8-9-24-11)16(22)18-13-6-4-5-7-14(13)21-10-15(19-20-21)17(2,3)23/h10-14,23H,4-9H2,1-3H3,(H,18,22)/t11-,12-,13-,14+/m0/s1. The van der Waals surface area contributed by atoms with Crippen LogP contribution in [-0.2, 0) is 15.1 Å². The number of carbonyl (C=O) groups excluding carboxylic acids is 1. The van der Waals surface area contributed by atoms with Crippen molar-refractivity contribution < 1.29 is 14.6 Å². The largest absolute Gasteiger partial charge is 0.384 e. The lowest BCUT2D eigenvalue weighted by atomic mass is 9.89. The Morgan fingerprint density at radius 1 is 1.38 bits per heavy atom. The lowest BCUT2D eigenvalue weighted by Gasteiger charge is -2.33. The summed E-state index contributed by atoms with van der Waals surface area (Å²) in [7, 11) is 0. The van der Waals surface area contributed by atoms with E-state index in [1.54, 1.807) is 20.0 Å². The highest BCUT2D eigenvalue weighted by molar-refractivity contribution is 5.79. The van der Waals surface area contributed by atoms with Gasteiger partial charge in [0.05, 0.1) is 30.3 Å². The summed E-state index contributed by atoms with van der Waals surface area (Å²) in [5.41, 5.74) is -0.460. The highest BCUT2D eigenvalue weighted by Crippen LogP contribution is 2.30. The predicted octanol–water partition coefficient (Wildman–Crippen LogP) is 1.53. The van der Waals surface area contributed by atoms with Crippen molar-refractivity contribution >= 4 is 5.91 Å². The maximum Gasteiger partial charge on any atom is 0.226 e. The number of nitrogens with one attached hydrogen (secondary N) is 1. The molecule has 1 aliphatic carbocycles. The van der Waals surface area contributed by atoms with Crippen molar-refractivity contribution in [2.75, 3.05) is 6.61 Å². The number of aromatic nitrogens is 3. The van der Waals surface area contributed by atoms with E-state index in [1.165, 1.54) is 0 Å². The molecule has 2 fully saturated rings. The highest BCUT2D eigenvalue weighted by Gasteiger charge is 2.35. The number of aliphatic hydroxyl groups is 1. The van der Waals surface area contributed by atoms with Gasteiger partial charge < -0.3 is 15.2 Å². The first-order chi connectivity index (χ1) is 11.4. The van der Waals surface area contributed by atoms with Crippen LogP contribution in [0.3, 0.4) is 0 Å². The number of ether oxygens (including phenoxy) is 1. The van der Waals surface area contributed by atoms with E-state index in [4.69, 9.17) is 4.74 Å². The van der Waals surface area contributed by atoms with Gasteiger partial charge in [0.2, 0.25) is 5.91 Å². The Kier molecular flexibility index (Phi) is 4.92. The van der Waals surface area contributed by atoms with E-state index in [-0.39, 0.29) is 30.0 Å². The molecule has 0 spiro atoms. The van der Waals surface area contributed by atoms with E-state index in [2.05, 4.69) is 15.6 Å². The zero-order valence-corrected chi connectivity index (χ0v) is 14.7. The molecule has 2 aliphatic rings. The molecule has 1 aromatic heterocycles. The van der Waals surface area contributed by atoms with E-state index in [1.807, 2.05) is 11.6 Å². The van der Waals surface area contributed by atoms with Gasteiger partial charge in [-0.1, -0.05) is 18.1 Å². The van der Waals surface area contributed by atoms with Crippen LogP contribution in [0.15, 0.2) is 6.20 Å². The van der Waals surface area contributed by atoms with Crippen LogP contribution in [0, 0.1) is 5.92 Å². The molecule has 2 heterocycles.